The van der Waals surface area contributed by atoms with Crippen molar-refractivity contribution in [2.24, 2.45) is 23.7 Å². The summed E-state index contributed by atoms with van der Waals surface area (Å²) < 4.78 is 8.97. The van der Waals surface area contributed by atoms with Crippen molar-refractivity contribution < 1.29 is 4.74 Å². The number of nitriles is 1. The maximum atomic E-state index is 9.13. The van der Waals surface area contributed by atoms with Gasteiger partial charge < -0.3 is 20.7 Å². The number of nitrogens with one attached hydrogen (secondary N) is 1. The molecule has 12 heteroatoms. The Morgan fingerprint density at radius 3 is 2.87 bits per heavy atom. The van der Waals surface area contributed by atoms with E-state index in [-0.39, 0.29) is 5.92 Å². The fraction of sp³-hybridized carbons (Fsp3) is 0.412. The van der Waals surface area contributed by atoms with Crippen LogP contribution in [0.3, 0.4) is 0 Å². The Bertz CT molecular complexity index is 1750. The molecule has 3 N–H and O–H groups in total. The van der Waals surface area contributed by atoms with Crippen molar-refractivity contribution in [3.8, 4) is 17.3 Å². The second kappa shape index (κ2) is 14.5. The van der Waals surface area contributed by atoms with Crippen LogP contribution in [-0.4, -0.2) is 80.5 Å². The van der Waals surface area contributed by atoms with E-state index < -0.39 is 0 Å². The summed E-state index contributed by atoms with van der Waals surface area (Å²) in [5.74, 6) is 1.38. The minimum atomic E-state index is 0.196. The summed E-state index contributed by atoms with van der Waals surface area (Å²) in [5.41, 5.74) is 14.4. The van der Waals surface area contributed by atoms with E-state index in [0.717, 1.165) is 90.2 Å². The van der Waals surface area contributed by atoms with Crippen LogP contribution in [0, 0.1) is 17.2 Å². The predicted octanol–water partition coefficient (Wildman–Crippen LogP) is 3.76. The Kier molecular flexibility index (Phi) is 9.81. The van der Waals surface area contributed by atoms with Crippen LogP contribution in [0.25, 0.3) is 16.8 Å². The van der Waals surface area contributed by atoms with Crippen molar-refractivity contribution in [3.63, 3.8) is 0 Å². The zero-order valence-electron chi connectivity index (χ0n) is 26.6. The molecule has 1 aliphatic heterocycles. The lowest BCUT2D eigenvalue weighted by Crippen LogP contribution is -2.35. The fourth-order valence-corrected chi connectivity index (χ4v) is 6.16. The predicted molar refractivity (Wildman–Crippen MR) is 179 cm³/mol. The first-order valence-electron chi connectivity index (χ1n) is 15.9. The molecule has 1 aliphatic carbocycles. The molecule has 3 aromatic heterocycles. The summed E-state index contributed by atoms with van der Waals surface area (Å²) in [7, 11) is 3.68. The molecule has 1 aromatic carbocycles. The zero-order chi connectivity index (χ0) is 31.9. The first-order chi connectivity index (χ1) is 22.5. The van der Waals surface area contributed by atoms with Gasteiger partial charge in [0.05, 0.1) is 42.8 Å². The number of aryl methyl sites for hydroxylation is 3. The van der Waals surface area contributed by atoms with Gasteiger partial charge in [-0.1, -0.05) is 24.3 Å². The van der Waals surface area contributed by atoms with Gasteiger partial charge in [0.1, 0.15) is 0 Å². The molecular weight excluding hydrogens is 578 g/mol. The maximum absolute atomic E-state index is 9.13. The molecule has 4 heterocycles. The molecule has 0 atom stereocenters. The lowest BCUT2D eigenvalue weighted by molar-refractivity contribution is 0.183. The Balaban J connectivity index is 1.16. The molecule has 0 spiro atoms. The number of aromatic nitrogens is 6. The summed E-state index contributed by atoms with van der Waals surface area (Å²) >= 11 is 0. The lowest BCUT2D eigenvalue weighted by atomic mass is 9.91. The van der Waals surface area contributed by atoms with Crippen molar-refractivity contribution in [1.29, 1.82) is 5.26 Å². The molecule has 1 saturated heterocycles. The second-order valence-electron chi connectivity index (χ2n) is 11.8. The Hall–Kier alpha value is -4.86. The number of ether oxygens (including phenoxy) is 1. The largest absolute Gasteiger partial charge is 0.404 e. The van der Waals surface area contributed by atoms with E-state index in [9.17, 15) is 0 Å². The van der Waals surface area contributed by atoms with Crippen LogP contribution in [-0.2, 0) is 37.6 Å². The van der Waals surface area contributed by atoms with Crippen LogP contribution in [0.4, 0.5) is 11.8 Å². The average molecular weight is 620 g/mol. The molecule has 0 saturated carbocycles. The number of fused-ring (bicyclic) bond motifs is 3. The van der Waals surface area contributed by atoms with E-state index >= 15 is 0 Å². The van der Waals surface area contributed by atoms with Crippen LogP contribution >= 0.6 is 0 Å². The molecule has 0 bridgehead atoms. The van der Waals surface area contributed by atoms with Crippen molar-refractivity contribution in [3.05, 3.63) is 77.0 Å². The molecule has 4 aromatic rings. The number of rotatable bonds is 12. The lowest BCUT2D eigenvalue weighted by Gasteiger charge is -2.28. The number of likely N-dealkylation sites (tertiary alicyclic amines) is 1. The van der Waals surface area contributed by atoms with Gasteiger partial charge in [-0.2, -0.15) is 15.5 Å². The van der Waals surface area contributed by atoms with Gasteiger partial charge in [-0.15, -0.1) is 0 Å². The Morgan fingerprint density at radius 2 is 2.07 bits per heavy atom. The van der Waals surface area contributed by atoms with Crippen LogP contribution < -0.4 is 11.1 Å². The zero-order valence-corrected chi connectivity index (χ0v) is 26.6. The Labute approximate surface area is 269 Å². The van der Waals surface area contributed by atoms with Crippen molar-refractivity contribution in [2.45, 2.75) is 38.6 Å². The van der Waals surface area contributed by atoms with Gasteiger partial charge in [-0.05, 0) is 55.5 Å². The van der Waals surface area contributed by atoms with E-state index in [1.54, 1.807) is 13.3 Å². The molecule has 6 rings (SSSR count). The summed E-state index contributed by atoms with van der Waals surface area (Å²) in [5, 5.41) is 21.8. The third kappa shape index (κ3) is 7.17. The van der Waals surface area contributed by atoms with Crippen molar-refractivity contribution in [2.75, 3.05) is 45.2 Å². The van der Waals surface area contributed by atoms with Crippen molar-refractivity contribution >= 4 is 23.6 Å². The number of methoxy groups -OCH3 is 1. The highest BCUT2D eigenvalue weighted by molar-refractivity contribution is 6.09. The molecule has 46 heavy (non-hydrogen) atoms. The average Bonchev–Trinajstić information content (AvgIpc) is 3.67. The normalized spacial score (nSPS) is 15.5. The highest BCUT2D eigenvalue weighted by atomic mass is 16.5. The van der Waals surface area contributed by atoms with E-state index in [2.05, 4.69) is 55.6 Å². The highest BCUT2D eigenvalue weighted by Crippen LogP contribution is 2.36. The molecule has 1 fully saturated rings. The van der Waals surface area contributed by atoms with Gasteiger partial charge in [0, 0.05) is 75.1 Å². The summed E-state index contributed by atoms with van der Waals surface area (Å²) in [6, 6.07) is 12.7. The van der Waals surface area contributed by atoms with E-state index in [4.69, 9.17) is 25.8 Å². The highest BCUT2D eigenvalue weighted by Gasteiger charge is 2.26. The number of piperidine rings is 1. The summed E-state index contributed by atoms with van der Waals surface area (Å²) in [6.45, 7) is 4.77. The first-order valence-corrected chi connectivity index (χ1v) is 15.9. The second-order valence-corrected chi connectivity index (χ2v) is 11.8. The third-order valence-corrected chi connectivity index (χ3v) is 8.73. The molecule has 0 radical (unpaired) electrons. The maximum Gasteiger partial charge on any atom is 0.228 e. The molecular formula is C34H41N11O. The number of nitrogens with two attached hydrogens (primary N) is 1. The van der Waals surface area contributed by atoms with Gasteiger partial charge in [0.2, 0.25) is 5.95 Å². The van der Waals surface area contributed by atoms with Crippen LogP contribution in [0.5, 0.6) is 0 Å². The minimum absolute atomic E-state index is 0.196. The number of benzene rings is 1. The minimum Gasteiger partial charge on any atom is -0.404 e. The van der Waals surface area contributed by atoms with Crippen LogP contribution in [0.15, 0.2) is 53.9 Å². The number of allylic oxidation sites excluding steroid dienone is 1. The van der Waals surface area contributed by atoms with Gasteiger partial charge in [0.15, 0.2) is 5.82 Å². The first kappa shape index (κ1) is 31.1. The number of hydrogen-bond acceptors (Lipinski definition) is 10. The number of anilines is 2. The quantitative estimate of drug-likeness (QED) is 0.226. The summed E-state index contributed by atoms with van der Waals surface area (Å²) in [4.78, 5) is 16.6. The van der Waals surface area contributed by atoms with Gasteiger partial charge >= 0.3 is 0 Å². The molecule has 2 aliphatic rings. The monoisotopic (exact) mass is 619 g/mol. The topological polar surface area (TPSA) is 148 Å². The van der Waals surface area contributed by atoms with Crippen molar-refractivity contribution in [1.82, 2.24) is 34.4 Å². The number of nitrogens with zero attached hydrogens (tertiary/aromatic N) is 9. The van der Waals surface area contributed by atoms with E-state index in [1.165, 1.54) is 0 Å². The van der Waals surface area contributed by atoms with E-state index in [0.29, 0.717) is 37.9 Å². The van der Waals surface area contributed by atoms with Gasteiger partial charge in [-0.3, -0.25) is 14.4 Å². The molecule has 0 amide bonds. The molecule has 12 nitrogen and oxygen atoms in total. The standard InChI is InChI=1S/C34H41N11O/c1-43-30(19-25-4-3-5-26(18-25)28(21-36)22-37-11-15-44-12-8-24(20-35)9-13-44)32-29(41-43)7-6-27-23-38-34(40-33(27)32)39-31-10-14-45(42-31)16-17-46-2/h3-5,10,14,18,21-24H,6-9,11-13,15-17,19,36H2,1-2H3,(H,38,39,40,42). The number of aliphatic imine (C=N–C) groups is 1. The molecule has 0 unspecified atom stereocenters. The van der Waals surface area contributed by atoms with Crippen LogP contribution in [0.2, 0.25) is 0 Å². The molecule has 238 valence electrons. The SMILES string of the molecule is COCCn1ccc(Nc2ncc3c(n2)-c2c(nn(C)c2Cc2cccc(C(C=NCCN4CCC(C#N)CC4)=CN)c2)CC3)n1. The van der Waals surface area contributed by atoms with Crippen LogP contribution in [0.1, 0.15) is 40.9 Å². The van der Waals surface area contributed by atoms with Gasteiger partial charge in [0.25, 0.3) is 0 Å². The third-order valence-electron chi connectivity index (χ3n) is 8.73. The van der Waals surface area contributed by atoms with E-state index in [1.807, 2.05) is 41.1 Å². The fourth-order valence-electron chi connectivity index (χ4n) is 6.16. The Morgan fingerprint density at radius 1 is 1.20 bits per heavy atom. The van der Waals surface area contributed by atoms with Gasteiger partial charge in [-0.25, -0.2) is 9.97 Å². The number of hydrogen-bond donors (Lipinski definition) is 2. The smallest absolute Gasteiger partial charge is 0.228 e. The summed E-state index contributed by atoms with van der Waals surface area (Å²) in [6.07, 6.45) is 11.6.